The smallest absolute Gasteiger partial charge is 0.309 e. The van der Waals surface area contributed by atoms with E-state index in [1.807, 2.05) is 23.1 Å². The number of benzene rings is 1. The SMILES string of the molecule is CCOC(=O)C1CCN(S(=O)(=O)N2CCCC(=O)N3CCCCC3CCc3cccc(c3)OCC2)CC1. The van der Waals surface area contributed by atoms with Crippen LogP contribution in [0.4, 0.5) is 0 Å². The topological polar surface area (TPSA) is 96.5 Å². The lowest BCUT2D eigenvalue weighted by Gasteiger charge is -2.36. The van der Waals surface area contributed by atoms with Gasteiger partial charge < -0.3 is 14.4 Å². The van der Waals surface area contributed by atoms with E-state index in [1.54, 1.807) is 6.92 Å². The molecule has 3 aliphatic rings. The number of esters is 1. The maximum atomic E-state index is 13.6. The zero-order valence-electron chi connectivity index (χ0n) is 22.0. The van der Waals surface area contributed by atoms with Gasteiger partial charge in [0.2, 0.25) is 5.91 Å². The number of fused-ring (bicyclic) bond motifs is 3. The lowest BCUT2D eigenvalue weighted by atomic mass is 9.95. The van der Waals surface area contributed by atoms with Crippen LogP contribution in [0.3, 0.4) is 0 Å². The highest BCUT2D eigenvalue weighted by Gasteiger charge is 2.35. The number of rotatable bonds is 4. The Hall–Kier alpha value is -2.17. The van der Waals surface area contributed by atoms with E-state index in [2.05, 4.69) is 6.07 Å². The number of aryl methyl sites for hydroxylation is 1. The highest BCUT2D eigenvalue weighted by atomic mass is 32.2. The van der Waals surface area contributed by atoms with Crippen LogP contribution < -0.4 is 4.74 Å². The van der Waals surface area contributed by atoms with Crippen LogP contribution >= 0.6 is 0 Å². The first-order chi connectivity index (χ1) is 17.9. The predicted molar refractivity (Wildman–Crippen MR) is 140 cm³/mol. The average Bonchev–Trinajstić information content (AvgIpc) is 2.91. The molecule has 0 saturated carbocycles. The molecule has 1 unspecified atom stereocenters. The molecule has 0 N–H and O–H groups in total. The zero-order chi connectivity index (χ0) is 26.3. The number of ether oxygens (including phenoxy) is 2. The number of hydrogen-bond acceptors (Lipinski definition) is 6. The van der Waals surface area contributed by atoms with Gasteiger partial charge in [0.1, 0.15) is 12.4 Å². The third kappa shape index (κ3) is 7.23. The number of hydrogen-bond donors (Lipinski definition) is 0. The Bertz CT molecular complexity index is 1020. The van der Waals surface area contributed by atoms with Gasteiger partial charge in [-0.2, -0.15) is 17.0 Å². The number of carbonyl (C=O) groups is 2. The molecule has 0 aliphatic carbocycles. The van der Waals surface area contributed by atoms with Gasteiger partial charge in [-0.05, 0) is 76.0 Å². The van der Waals surface area contributed by atoms with E-state index in [9.17, 15) is 18.0 Å². The van der Waals surface area contributed by atoms with Gasteiger partial charge in [0, 0.05) is 45.2 Å². The molecule has 0 aromatic heterocycles. The molecule has 206 valence electrons. The van der Waals surface area contributed by atoms with Crippen molar-refractivity contribution in [2.45, 2.75) is 70.8 Å². The number of piperidine rings is 2. The first-order valence-corrected chi connectivity index (χ1v) is 15.2. The molecule has 2 saturated heterocycles. The van der Waals surface area contributed by atoms with Crippen molar-refractivity contribution in [3.05, 3.63) is 29.8 Å². The lowest BCUT2D eigenvalue weighted by Crippen LogP contribution is -2.49. The molecule has 2 fully saturated rings. The fourth-order valence-electron chi connectivity index (χ4n) is 5.66. The summed E-state index contributed by atoms with van der Waals surface area (Å²) in [6.45, 7) is 4.12. The molecule has 10 heteroatoms. The Morgan fingerprint density at radius 2 is 1.76 bits per heavy atom. The van der Waals surface area contributed by atoms with Gasteiger partial charge in [0.25, 0.3) is 10.2 Å². The van der Waals surface area contributed by atoms with Gasteiger partial charge in [0.05, 0.1) is 12.5 Å². The summed E-state index contributed by atoms with van der Waals surface area (Å²) in [4.78, 5) is 27.3. The van der Waals surface area contributed by atoms with E-state index in [0.717, 1.165) is 44.4 Å². The van der Waals surface area contributed by atoms with Crippen LogP contribution in [0.25, 0.3) is 0 Å². The van der Waals surface area contributed by atoms with Crippen molar-refractivity contribution < 1.29 is 27.5 Å². The fourth-order valence-corrected chi connectivity index (χ4v) is 7.32. The van der Waals surface area contributed by atoms with Crippen molar-refractivity contribution in [1.82, 2.24) is 13.5 Å². The Balaban J connectivity index is 1.47. The van der Waals surface area contributed by atoms with Crippen LogP contribution in [-0.2, 0) is 31.0 Å². The monoisotopic (exact) mass is 535 g/mol. The summed E-state index contributed by atoms with van der Waals surface area (Å²) in [5.41, 5.74) is 1.17. The van der Waals surface area contributed by atoms with Gasteiger partial charge in [-0.1, -0.05) is 12.1 Å². The summed E-state index contributed by atoms with van der Waals surface area (Å²) >= 11 is 0. The number of nitrogens with zero attached hydrogens (tertiary/aromatic N) is 3. The van der Waals surface area contributed by atoms with Crippen molar-refractivity contribution in [2.75, 3.05) is 45.9 Å². The summed E-state index contributed by atoms with van der Waals surface area (Å²) in [5.74, 6) is 0.340. The molecule has 0 radical (unpaired) electrons. The van der Waals surface area contributed by atoms with Crippen molar-refractivity contribution >= 4 is 22.1 Å². The number of amides is 1. The minimum atomic E-state index is -3.76. The number of carbonyl (C=O) groups excluding carboxylic acids is 2. The molecule has 4 rings (SSSR count). The third-order valence-electron chi connectivity index (χ3n) is 7.75. The second-order valence-electron chi connectivity index (χ2n) is 10.2. The minimum Gasteiger partial charge on any atom is -0.492 e. The molecule has 3 aliphatic heterocycles. The molecule has 37 heavy (non-hydrogen) atoms. The molecular weight excluding hydrogens is 494 g/mol. The van der Waals surface area contributed by atoms with Crippen LogP contribution in [0.15, 0.2) is 24.3 Å². The molecule has 1 atom stereocenters. The molecule has 1 aromatic rings. The summed E-state index contributed by atoms with van der Waals surface area (Å²) < 4.78 is 41.2. The minimum absolute atomic E-state index is 0.122. The van der Waals surface area contributed by atoms with E-state index in [-0.39, 0.29) is 56.6 Å². The molecule has 3 heterocycles. The van der Waals surface area contributed by atoms with Crippen molar-refractivity contribution in [3.8, 4) is 5.75 Å². The predicted octanol–water partition coefficient (Wildman–Crippen LogP) is 2.99. The van der Waals surface area contributed by atoms with E-state index < -0.39 is 10.2 Å². The highest BCUT2D eigenvalue weighted by molar-refractivity contribution is 7.86. The zero-order valence-corrected chi connectivity index (χ0v) is 22.8. The van der Waals surface area contributed by atoms with Gasteiger partial charge in [-0.25, -0.2) is 0 Å². The summed E-state index contributed by atoms with van der Waals surface area (Å²) in [6.07, 6.45) is 6.68. The van der Waals surface area contributed by atoms with Crippen LogP contribution in [0.1, 0.15) is 63.9 Å². The Kier molecular flexibility index (Phi) is 9.83. The third-order valence-corrected chi connectivity index (χ3v) is 9.78. The Morgan fingerprint density at radius 3 is 2.54 bits per heavy atom. The fraction of sp³-hybridized carbons (Fsp3) is 0.704. The summed E-state index contributed by atoms with van der Waals surface area (Å²) in [5, 5.41) is 0. The molecule has 9 nitrogen and oxygen atoms in total. The molecule has 0 spiro atoms. The van der Waals surface area contributed by atoms with E-state index >= 15 is 0 Å². The lowest BCUT2D eigenvalue weighted by molar-refractivity contribution is -0.149. The first-order valence-electron chi connectivity index (χ1n) is 13.8. The molecule has 1 aromatic carbocycles. The van der Waals surface area contributed by atoms with Crippen LogP contribution in [-0.4, -0.2) is 85.8 Å². The summed E-state index contributed by atoms with van der Waals surface area (Å²) in [6, 6.07) is 8.20. The largest absolute Gasteiger partial charge is 0.492 e. The average molecular weight is 536 g/mol. The van der Waals surface area contributed by atoms with Crippen molar-refractivity contribution in [3.63, 3.8) is 0 Å². The van der Waals surface area contributed by atoms with Crippen LogP contribution in [0.5, 0.6) is 5.75 Å². The van der Waals surface area contributed by atoms with Crippen molar-refractivity contribution in [1.29, 1.82) is 0 Å². The van der Waals surface area contributed by atoms with Crippen molar-refractivity contribution in [2.24, 2.45) is 5.92 Å². The van der Waals surface area contributed by atoms with Crippen LogP contribution in [0, 0.1) is 5.92 Å². The maximum Gasteiger partial charge on any atom is 0.309 e. The Labute approximate surface area is 221 Å². The van der Waals surface area contributed by atoms with Gasteiger partial charge >= 0.3 is 5.97 Å². The van der Waals surface area contributed by atoms with E-state index in [1.165, 1.54) is 14.2 Å². The quantitative estimate of drug-likeness (QED) is 0.550. The highest BCUT2D eigenvalue weighted by Crippen LogP contribution is 2.26. The molecule has 1 amide bonds. The Morgan fingerprint density at radius 1 is 0.973 bits per heavy atom. The van der Waals surface area contributed by atoms with Gasteiger partial charge in [-0.15, -0.1) is 0 Å². The van der Waals surface area contributed by atoms with E-state index in [4.69, 9.17) is 9.47 Å². The maximum absolute atomic E-state index is 13.6. The molecule has 2 bridgehead atoms. The first kappa shape index (κ1) is 27.9. The second-order valence-corrected chi connectivity index (χ2v) is 12.1. The van der Waals surface area contributed by atoms with Crippen LogP contribution in [0.2, 0.25) is 0 Å². The second kappa shape index (κ2) is 13.1. The van der Waals surface area contributed by atoms with E-state index in [0.29, 0.717) is 32.3 Å². The molecular formula is C27H41N3O6S. The standard InChI is InChI=1S/C27H41N3O6S/c1-2-35-27(32)23-13-17-29(18-14-23)37(33,34)28-15-6-10-26(31)30-16-4-3-8-24(30)12-11-22-7-5-9-25(21-22)36-20-19-28/h5,7,9,21,23-24H,2-4,6,8,10-20H2,1H3. The van der Waals surface area contributed by atoms with Gasteiger partial charge in [0.15, 0.2) is 0 Å². The van der Waals surface area contributed by atoms with Gasteiger partial charge in [-0.3, -0.25) is 9.59 Å². The normalized spacial score (nSPS) is 23.9. The summed E-state index contributed by atoms with van der Waals surface area (Å²) in [7, 11) is -3.76.